The van der Waals surface area contributed by atoms with Crippen LogP contribution in [0.25, 0.3) is 0 Å². The van der Waals surface area contributed by atoms with E-state index in [-0.39, 0.29) is 23.9 Å². The van der Waals surface area contributed by atoms with Crippen LogP contribution >= 0.6 is 11.3 Å². The molecule has 0 fully saturated rings. The lowest BCUT2D eigenvalue weighted by atomic mass is 10.1. The molecule has 0 aliphatic heterocycles. The molecule has 0 atom stereocenters. The molecule has 1 heterocycles. The molecule has 5 nitrogen and oxygen atoms in total. The number of nitrogens with one attached hydrogen (secondary N) is 1. The Hall–Kier alpha value is -3.25. The van der Waals surface area contributed by atoms with Crippen LogP contribution in [-0.2, 0) is 4.74 Å². The van der Waals surface area contributed by atoms with Crippen LogP contribution in [0.3, 0.4) is 0 Å². The van der Waals surface area contributed by atoms with Gasteiger partial charge in [-0.2, -0.15) is 0 Å². The number of carbonyl (C=O) groups excluding carboxylic acids is 3. The topological polar surface area (TPSA) is 72.5 Å². The van der Waals surface area contributed by atoms with Crippen LogP contribution in [0.5, 0.6) is 0 Å². The van der Waals surface area contributed by atoms with E-state index in [0.29, 0.717) is 16.8 Å². The van der Waals surface area contributed by atoms with Crippen LogP contribution in [0.4, 0.5) is 5.69 Å². The van der Waals surface area contributed by atoms with Crippen molar-refractivity contribution in [2.75, 3.05) is 11.9 Å². The summed E-state index contributed by atoms with van der Waals surface area (Å²) in [6, 6.07) is 15.5. The molecule has 0 spiro atoms. The SMILES string of the molecule is Cc1cccc(C(=O)Nc2ccccc2C(=O)OCC(=O)c2cc(C)sc2C)c1. The molecular weight excluding hydrogens is 386 g/mol. The Balaban J connectivity index is 1.71. The highest BCUT2D eigenvalue weighted by atomic mass is 32.1. The summed E-state index contributed by atoms with van der Waals surface area (Å²) in [6.07, 6.45) is 0. The monoisotopic (exact) mass is 407 g/mol. The van der Waals surface area contributed by atoms with E-state index < -0.39 is 5.97 Å². The number of thiophene rings is 1. The first-order chi connectivity index (χ1) is 13.8. The number of hydrogen-bond acceptors (Lipinski definition) is 5. The lowest BCUT2D eigenvalue weighted by molar-refractivity contribution is 0.0475. The van der Waals surface area contributed by atoms with Gasteiger partial charge in [0, 0.05) is 20.9 Å². The highest BCUT2D eigenvalue weighted by Gasteiger charge is 2.18. The number of aryl methyl sites for hydroxylation is 3. The molecule has 0 saturated heterocycles. The fourth-order valence-corrected chi connectivity index (χ4v) is 3.89. The Morgan fingerprint density at radius 3 is 2.38 bits per heavy atom. The van der Waals surface area contributed by atoms with Gasteiger partial charge in [-0.05, 0) is 51.1 Å². The van der Waals surface area contributed by atoms with E-state index in [2.05, 4.69) is 5.32 Å². The Morgan fingerprint density at radius 2 is 1.69 bits per heavy atom. The van der Waals surface area contributed by atoms with Crippen molar-refractivity contribution in [1.29, 1.82) is 0 Å². The number of anilines is 1. The second-order valence-corrected chi connectivity index (χ2v) is 8.16. The van der Waals surface area contributed by atoms with E-state index >= 15 is 0 Å². The first-order valence-electron chi connectivity index (χ1n) is 9.09. The standard InChI is InChI=1S/C23H21NO4S/c1-14-7-6-8-17(11-14)22(26)24-20-10-5-4-9-18(20)23(27)28-13-21(25)19-12-15(2)29-16(19)3/h4-12H,13H2,1-3H3,(H,24,26). The van der Waals surface area contributed by atoms with Crippen LogP contribution in [0.1, 0.15) is 46.4 Å². The molecule has 29 heavy (non-hydrogen) atoms. The minimum atomic E-state index is -0.664. The highest BCUT2D eigenvalue weighted by molar-refractivity contribution is 7.12. The molecule has 1 amide bonds. The highest BCUT2D eigenvalue weighted by Crippen LogP contribution is 2.22. The van der Waals surface area contributed by atoms with Gasteiger partial charge in [-0.1, -0.05) is 29.8 Å². The molecule has 1 N–H and O–H groups in total. The average molecular weight is 407 g/mol. The molecule has 1 aromatic heterocycles. The second kappa shape index (κ2) is 8.84. The van der Waals surface area contributed by atoms with Crippen LogP contribution in [0.2, 0.25) is 0 Å². The molecule has 3 rings (SSSR count). The summed E-state index contributed by atoms with van der Waals surface area (Å²) in [5.74, 6) is -1.24. The maximum absolute atomic E-state index is 12.5. The molecule has 2 aromatic carbocycles. The van der Waals surface area contributed by atoms with Gasteiger partial charge in [0.2, 0.25) is 5.78 Å². The third kappa shape index (κ3) is 4.97. The normalized spacial score (nSPS) is 10.4. The molecule has 0 aliphatic carbocycles. The lowest BCUT2D eigenvalue weighted by Gasteiger charge is -2.11. The lowest BCUT2D eigenvalue weighted by Crippen LogP contribution is -2.18. The zero-order valence-corrected chi connectivity index (χ0v) is 17.3. The Bertz CT molecular complexity index is 1080. The maximum atomic E-state index is 12.5. The van der Waals surface area contributed by atoms with E-state index in [1.165, 1.54) is 11.3 Å². The Labute approximate surface area is 173 Å². The number of amides is 1. The first-order valence-corrected chi connectivity index (χ1v) is 9.91. The number of ketones is 1. The Morgan fingerprint density at radius 1 is 0.931 bits per heavy atom. The number of benzene rings is 2. The van der Waals surface area contributed by atoms with Crippen LogP contribution in [0, 0.1) is 20.8 Å². The third-order valence-electron chi connectivity index (χ3n) is 4.35. The molecule has 0 saturated carbocycles. The molecular formula is C23H21NO4S. The van der Waals surface area contributed by atoms with Crippen molar-refractivity contribution in [3.8, 4) is 0 Å². The summed E-state index contributed by atoms with van der Waals surface area (Å²) < 4.78 is 5.22. The van der Waals surface area contributed by atoms with Gasteiger partial charge in [-0.25, -0.2) is 4.79 Å². The van der Waals surface area contributed by atoms with Gasteiger partial charge >= 0.3 is 5.97 Å². The number of carbonyl (C=O) groups is 3. The van der Waals surface area contributed by atoms with Gasteiger partial charge in [-0.15, -0.1) is 11.3 Å². The number of ether oxygens (including phenoxy) is 1. The molecule has 0 aliphatic rings. The predicted octanol–water partition coefficient (Wildman–Crippen LogP) is 4.97. The van der Waals surface area contributed by atoms with Crippen molar-refractivity contribution in [2.45, 2.75) is 20.8 Å². The van der Waals surface area contributed by atoms with Crippen LogP contribution < -0.4 is 5.32 Å². The minimum Gasteiger partial charge on any atom is -0.454 e. The van der Waals surface area contributed by atoms with Gasteiger partial charge < -0.3 is 10.1 Å². The summed E-state index contributed by atoms with van der Waals surface area (Å²) in [5.41, 5.74) is 2.55. The van der Waals surface area contributed by atoms with Crippen LogP contribution in [0.15, 0.2) is 54.6 Å². The van der Waals surface area contributed by atoms with E-state index in [0.717, 1.165) is 15.3 Å². The largest absolute Gasteiger partial charge is 0.454 e. The number of hydrogen-bond donors (Lipinski definition) is 1. The molecule has 148 valence electrons. The Kier molecular flexibility index (Phi) is 6.24. The summed E-state index contributed by atoms with van der Waals surface area (Å²) in [6.45, 7) is 5.34. The molecule has 3 aromatic rings. The summed E-state index contributed by atoms with van der Waals surface area (Å²) in [7, 11) is 0. The predicted molar refractivity (Wildman–Crippen MR) is 114 cm³/mol. The fraction of sp³-hybridized carbons (Fsp3) is 0.174. The molecule has 0 bridgehead atoms. The first kappa shape index (κ1) is 20.5. The summed E-state index contributed by atoms with van der Waals surface area (Å²) in [4.78, 5) is 39.3. The van der Waals surface area contributed by atoms with Gasteiger partial charge in [0.25, 0.3) is 5.91 Å². The van der Waals surface area contributed by atoms with Gasteiger partial charge in [0.1, 0.15) is 0 Å². The van der Waals surface area contributed by atoms with E-state index in [1.54, 1.807) is 48.5 Å². The number of Topliss-reactive ketones (excluding diaryl/α,β-unsaturated/α-hetero) is 1. The van der Waals surface area contributed by atoms with Gasteiger partial charge in [0.15, 0.2) is 6.61 Å². The second-order valence-electron chi connectivity index (χ2n) is 6.70. The van der Waals surface area contributed by atoms with E-state index in [4.69, 9.17) is 4.74 Å². The van der Waals surface area contributed by atoms with Gasteiger partial charge in [0.05, 0.1) is 11.3 Å². The quantitative estimate of drug-likeness (QED) is 0.463. The molecule has 6 heteroatoms. The summed E-state index contributed by atoms with van der Waals surface area (Å²) in [5, 5.41) is 2.74. The molecule has 0 unspecified atom stereocenters. The van der Waals surface area contributed by atoms with Crippen molar-refractivity contribution in [3.05, 3.63) is 86.6 Å². The van der Waals surface area contributed by atoms with Crippen LogP contribution in [-0.4, -0.2) is 24.3 Å². The minimum absolute atomic E-state index is 0.194. The number of esters is 1. The molecule has 0 radical (unpaired) electrons. The van der Waals surface area contributed by atoms with Crippen molar-refractivity contribution in [1.82, 2.24) is 0 Å². The zero-order chi connectivity index (χ0) is 21.0. The average Bonchev–Trinajstić information content (AvgIpc) is 3.04. The number of rotatable bonds is 6. The van der Waals surface area contributed by atoms with Crippen molar-refractivity contribution in [2.24, 2.45) is 0 Å². The van der Waals surface area contributed by atoms with E-state index in [9.17, 15) is 14.4 Å². The van der Waals surface area contributed by atoms with Crippen molar-refractivity contribution < 1.29 is 19.1 Å². The summed E-state index contributed by atoms with van der Waals surface area (Å²) >= 11 is 1.53. The van der Waals surface area contributed by atoms with Crippen molar-refractivity contribution in [3.63, 3.8) is 0 Å². The fourth-order valence-electron chi connectivity index (χ4n) is 2.95. The van der Waals surface area contributed by atoms with Crippen molar-refractivity contribution >= 4 is 34.7 Å². The number of para-hydroxylation sites is 1. The van der Waals surface area contributed by atoms with E-state index in [1.807, 2.05) is 26.8 Å². The zero-order valence-electron chi connectivity index (χ0n) is 16.4. The van der Waals surface area contributed by atoms with Gasteiger partial charge in [-0.3, -0.25) is 9.59 Å². The maximum Gasteiger partial charge on any atom is 0.340 e. The third-order valence-corrected chi connectivity index (χ3v) is 5.32. The smallest absolute Gasteiger partial charge is 0.340 e.